The van der Waals surface area contributed by atoms with Gasteiger partial charge >= 0.3 is 0 Å². The van der Waals surface area contributed by atoms with Gasteiger partial charge in [0.05, 0.1) is 14.2 Å². The van der Waals surface area contributed by atoms with Crippen molar-refractivity contribution in [2.45, 2.75) is 21.6 Å². The fraction of sp³-hybridized carbons (Fsp3) is 0.250. The first-order valence-corrected chi connectivity index (χ1v) is 8.24. The Bertz CT molecular complexity index is 564. The van der Waals surface area contributed by atoms with Gasteiger partial charge < -0.3 is 9.47 Å². The molecule has 0 radical (unpaired) electrons. The summed E-state index contributed by atoms with van der Waals surface area (Å²) in [6.45, 7) is 0. The van der Waals surface area contributed by atoms with E-state index in [4.69, 9.17) is 32.7 Å². The number of benzene rings is 2. The molecule has 0 saturated heterocycles. The van der Waals surface area contributed by atoms with Crippen LogP contribution >= 0.6 is 35.0 Å². The standard InChI is InChI=1S/C16H16Cl2O2S/c1-19-13-3-5-15(11(7-13)9-17)21-16-6-4-14(20-2)8-12(16)10-18/h3-8H,9-10H2,1-2H3. The van der Waals surface area contributed by atoms with Crippen molar-refractivity contribution in [2.24, 2.45) is 0 Å². The predicted molar refractivity (Wildman–Crippen MR) is 89.2 cm³/mol. The minimum atomic E-state index is 0.436. The van der Waals surface area contributed by atoms with Gasteiger partial charge in [-0.25, -0.2) is 0 Å². The first-order valence-electron chi connectivity index (χ1n) is 6.35. The van der Waals surface area contributed by atoms with Crippen LogP contribution in [0.15, 0.2) is 46.2 Å². The lowest BCUT2D eigenvalue weighted by Gasteiger charge is -2.12. The summed E-state index contributed by atoms with van der Waals surface area (Å²) in [5.74, 6) is 2.49. The van der Waals surface area contributed by atoms with E-state index in [0.717, 1.165) is 32.4 Å². The highest BCUT2D eigenvalue weighted by Gasteiger charge is 2.10. The second-order valence-electron chi connectivity index (χ2n) is 4.32. The molecule has 0 spiro atoms. The normalized spacial score (nSPS) is 10.5. The van der Waals surface area contributed by atoms with E-state index >= 15 is 0 Å². The van der Waals surface area contributed by atoms with Crippen molar-refractivity contribution in [3.63, 3.8) is 0 Å². The second-order valence-corrected chi connectivity index (χ2v) is 5.93. The quantitative estimate of drug-likeness (QED) is 0.660. The molecule has 0 aliphatic rings. The molecule has 0 unspecified atom stereocenters. The van der Waals surface area contributed by atoms with Gasteiger partial charge in [0, 0.05) is 21.6 Å². The highest BCUT2D eigenvalue weighted by Crippen LogP contribution is 2.37. The molecule has 0 bridgehead atoms. The number of alkyl halides is 2. The number of rotatable bonds is 6. The van der Waals surface area contributed by atoms with Crippen molar-refractivity contribution in [3.05, 3.63) is 47.5 Å². The lowest BCUT2D eigenvalue weighted by molar-refractivity contribution is 0.414. The summed E-state index contributed by atoms with van der Waals surface area (Å²) < 4.78 is 10.5. The molecule has 0 N–H and O–H groups in total. The lowest BCUT2D eigenvalue weighted by Crippen LogP contribution is -1.91. The van der Waals surface area contributed by atoms with Gasteiger partial charge in [-0.2, -0.15) is 0 Å². The zero-order valence-electron chi connectivity index (χ0n) is 11.9. The van der Waals surface area contributed by atoms with Crippen molar-refractivity contribution in [2.75, 3.05) is 14.2 Å². The van der Waals surface area contributed by atoms with E-state index in [1.165, 1.54) is 0 Å². The van der Waals surface area contributed by atoms with E-state index in [2.05, 4.69) is 0 Å². The molecule has 0 aliphatic heterocycles. The zero-order valence-corrected chi connectivity index (χ0v) is 14.2. The van der Waals surface area contributed by atoms with Crippen LogP contribution < -0.4 is 9.47 Å². The van der Waals surface area contributed by atoms with E-state index in [1.54, 1.807) is 26.0 Å². The summed E-state index contributed by atoms with van der Waals surface area (Å²) in [7, 11) is 3.30. The molecule has 2 aromatic rings. The molecule has 0 atom stereocenters. The molecule has 2 rings (SSSR count). The van der Waals surface area contributed by atoms with Crippen molar-refractivity contribution in [1.29, 1.82) is 0 Å². The zero-order chi connectivity index (χ0) is 15.2. The van der Waals surface area contributed by atoms with Crippen LogP contribution in [0.1, 0.15) is 11.1 Å². The molecule has 21 heavy (non-hydrogen) atoms. The van der Waals surface area contributed by atoms with Gasteiger partial charge in [0.1, 0.15) is 11.5 Å². The Balaban J connectivity index is 2.33. The molecule has 0 aromatic heterocycles. The van der Waals surface area contributed by atoms with Gasteiger partial charge in [-0.05, 0) is 47.5 Å². The van der Waals surface area contributed by atoms with E-state index < -0.39 is 0 Å². The predicted octanol–water partition coefficient (Wildman–Crippen LogP) is 5.33. The second kappa shape index (κ2) is 7.83. The number of halogens is 2. The average molecular weight is 343 g/mol. The lowest BCUT2D eigenvalue weighted by atomic mass is 10.2. The molecule has 2 aromatic carbocycles. The molecule has 0 amide bonds. The van der Waals surface area contributed by atoms with Crippen LogP contribution in [0.25, 0.3) is 0 Å². The van der Waals surface area contributed by atoms with E-state index in [0.29, 0.717) is 11.8 Å². The van der Waals surface area contributed by atoms with Crippen LogP contribution in [0.5, 0.6) is 11.5 Å². The van der Waals surface area contributed by atoms with Crippen LogP contribution in [-0.2, 0) is 11.8 Å². The Kier molecular flexibility index (Phi) is 6.09. The minimum Gasteiger partial charge on any atom is -0.497 e. The molecule has 2 nitrogen and oxygen atoms in total. The minimum absolute atomic E-state index is 0.436. The molecule has 0 heterocycles. The summed E-state index contributed by atoms with van der Waals surface area (Å²) in [6.07, 6.45) is 0. The maximum atomic E-state index is 6.03. The van der Waals surface area contributed by atoms with Gasteiger partial charge in [0.15, 0.2) is 0 Å². The Morgan fingerprint density at radius 3 is 1.57 bits per heavy atom. The third-order valence-corrected chi connectivity index (χ3v) is 4.86. The van der Waals surface area contributed by atoms with E-state index in [9.17, 15) is 0 Å². The smallest absolute Gasteiger partial charge is 0.119 e. The molecule has 5 heteroatoms. The van der Waals surface area contributed by atoms with Crippen molar-refractivity contribution < 1.29 is 9.47 Å². The average Bonchev–Trinajstić information content (AvgIpc) is 2.55. The molecule has 0 fully saturated rings. The van der Waals surface area contributed by atoms with Gasteiger partial charge in [-0.3, -0.25) is 0 Å². The maximum Gasteiger partial charge on any atom is 0.119 e. The summed E-state index contributed by atoms with van der Waals surface area (Å²) in [5.41, 5.74) is 2.08. The first-order chi connectivity index (χ1) is 10.2. The maximum absolute atomic E-state index is 6.03. The number of hydrogen-bond acceptors (Lipinski definition) is 3. The van der Waals surface area contributed by atoms with Crippen LogP contribution in [-0.4, -0.2) is 14.2 Å². The Hall–Kier alpha value is -1.03. The monoisotopic (exact) mass is 342 g/mol. The van der Waals surface area contributed by atoms with Crippen LogP contribution in [0.2, 0.25) is 0 Å². The third-order valence-electron chi connectivity index (χ3n) is 3.04. The van der Waals surface area contributed by atoms with Gasteiger partial charge in [0.25, 0.3) is 0 Å². The Labute approximate surface area is 139 Å². The molecular formula is C16H16Cl2O2S. The topological polar surface area (TPSA) is 18.5 Å². The third kappa shape index (κ3) is 4.00. The largest absolute Gasteiger partial charge is 0.497 e. The summed E-state index contributed by atoms with van der Waals surface area (Å²) in [4.78, 5) is 2.20. The van der Waals surface area contributed by atoms with Crippen molar-refractivity contribution >= 4 is 35.0 Å². The van der Waals surface area contributed by atoms with E-state index in [1.807, 2.05) is 36.4 Å². The highest BCUT2D eigenvalue weighted by molar-refractivity contribution is 7.99. The van der Waals surface area contributed by atoms with Crippen molar-refractivity contribution in [3.8, 4) is 11.5 Å². The molecule has 0 saturated carbocycles. The van der Waals surface area contributed by atoms with Crippen LogP contribution in [0.3, 0.4) is 0 Å². The highest BCUT2D eigenvalue weighted by atomic mass is 35.5. The number of methoxy groups -OCH3 is 2. The Morgan fingerprint density at radius 1 is 0.810 bits per heavy atom. The van der Waals surface area contributed by atoms with Crippen LogP contribution in [0.4, 0.5) is 0 Å². The van der Waals surface area contributed by atoms with Gasteiger partial charge in [0.2, 0.25) is 0 Å². The SMILES string of the molecule is COc1ccc(Sc2ccc(OC)cc2CCl)c(CCl)c1. The van der Waals surface area contributed by atoms with Gasteiger partial charge in [-0.1, -0.05) is 11.8 Å². The number of ether oxygens (including phenoxy) is 2. The first kappa shape index (κ1) is 16.3. The number of hydrogen-bond donors (Lipinski definition) is 0. The van der Waals surface area contributed by atoms with Crippen molar-refractivity contribution in [1.82, 2.24) is 0 Å². The fourth-order valence-corrected chi connectivity index (χ4v) is 3.53. The molecular weight excluding hydrogens is 327 g/mol. The van der Waals surface area contributed by atoms with Crippen LogP contribution in [0, 0.1) is 0 Å². The summed E-state index contributed by atoms with van der Waals surface area (Å²) >= 11 is 13.7. The fourth-order valence-electron chi connectivity index (χ4n) is 1.89. The van der Waals surface area contributed by atoms with Gasteiger partial charge in [-0.15, -0.1) is 23.2 Å². The molecule has 112 valence electrons. The summed E-state index contributed by atoms with van der Waals surface area (Å²) in [5, 5.41) is 0. The summed E-state index contributed by atoms with van der Waals surface area (Å²) in [6, 6.07) is 11.8. The van der Waals surface area contributed by atoms with E-state index in [-0.39, 0.29) is 0 Å². The molecule has 0 aliphatic carbocycles. The Morgan fingerprint density at radius 2 is 1.24 bits per heavy atom.